The predicted octanol–water partition coefficient (Wildman–Crippen LogP) is 4.49. The van der Waals surface area contributed by atoms with Crippen LogP contribution < -0.4 is 0 Å². The molecular formula is C13H11ClF3N. The molecule has 1 heterocycles. The molecule has 0 atom stereocenters. The van der Waals surface area contributed by atoms with E-state index in [0.29, 0.717) is 17.6 Å². The molecule has 18 heavy (non-hydrogen) atoms. The summed E-state index contributed by atoms with van der Waals surface area (Å²) >= 11 is 5.85. The van der Waals surface area contributed by atoms with Crippen LogP contribution in [0.2, 0.25) is 5.02 Å². The predicted molar refractivity (Wildman–Crippen MR) is 66.1 cm³/mol. The zero-order valence-electron chi connectivity index (χ0n) is 9.90. The van der Waals surface area contributed by atoms with E-state index >= 15 is 0 Å². The monoisotopic (exact) mass is 273 g/mol. The Morgan fingerprint density at radius 2 is 2.17 bits per heavy atom. The van der Waals surface area contributed by atoms with E-state index in [-0.39, 0.29) is 10.7 Å². The van der Waals surface area contributed by atoms with Crippen LogP contribution in [0, 0.1) is 19.3 Å². The van der Waals surface area contributed by atoms with E-state index in [2.05, 4.69) is 10.9 Å². The van der Waals surface area contributed by atoms with Gasteiger partial charge in [-0.2, -0.15) is 13.2 Å². The standard InChI is InChI=1S/C13H11ClF3N/c1-4-9(5-2)6-10-8(3)18-12(7-11(10)14)13(15,16)17/h1,6-7H,5H2,2-3H3/b9-6+. The zero-order valence-corrected chi connectivity index (χ0v) is 10.7. The molecule has 1 rings (SSSR count). The lowest BCUT2D eigenvalue weighted by Crippen LogP contribution is -2.09. The summed E-state index contributed by atoms with van der Waals surface area (Å²) in [5.41, 5.74) is 0.290. The summed E-state index contributed by atoms with van der Waals surface area (Å²) < 4.78 is 37.5. The molecule has 0 radical (unpaired) electrons. The van der Waals surface area contributed by atoms with Gasteiger partial charge in [0.25, 0.3) is 0 Å². The van der Waals surface area contributed by atoms with E-state index < -0.39 is 11.9 Å². The van der Waals surface area contributed by atoms with Crippen molar-refractivity contribution >= 4 is 17.7 Å². The van der Waals surface area contributed by atoms with Gasteiger partial charge >= 0.3 is 6.18 Å². The quantitative estimate of drug-likeness (QED) is 0.724. The Kier molecular flexibility index (Phi) is 4.42. The fourth-order valence-corrected chi connectivity index (χ4v) is 1.68. The van der Waals surface area contributed by atoms with Gasteiger partial charge in [0.1, 0.15) is 5.69 Å². The topological polar surface area (TPSA) is 12.9 Å². The second-order valence-electron chi connectivity index (χ2n) is 3.65. The van der Waals surface area contributed by atoms with Crippen LogP contribution in [0.5, 0.6) is 0 Å². The highest BCUT2D eigenvalue weighted by Crippen LogP contribution is 2.32. The molecular weight excluding hydrogens is 263 g/mol. The van der Waals surface area contributed by atoms with Gasteiger partial charge in [0.05, 0.1) is 5.02 Å². The Morgan fingerprint density at radius 3 is 2.56 bits per heavy atom. The Morgan fingerprint density at radius 1 is 1.56 bits per heavy atom. The van der Waals surface area contributed by atoms with Gasteiger partial charge in [-0.05, 0) is 25.5 Å². The van der Waals surface area contributed by atoms with Crippen molar-refractivity contribution in [3.05, 3.63) is 33.6 Å². The average Bonchev–Trinajstić information content (AvgIpc) is 2.27. The third kappa shape index (κ3) is 3.27. The lowest BCUT2D eigenvalue weighted by molar-refractivity contribution is -0.141. The van der Waals surface area contributed by atoms with Crippen LogP contribution >= 0.6 is 11.6 Å². The molecule has 0 aromatic carbocycles. The number of alkyl halides is 3. The van der Waals surface area contributed by atoms with Crippen molar-refractivity contribution in [1.29, 1.82) is 0 Å². The van der Waals surface area contributed by atoms with Gasteiger partial charge in [-0.15, -0.1) is 6.42 Å². The number of halogens is 4. The Labute approximate surface area is 109 Å². The van der Waals surface area contributed by atoms with Crippen molar-refractivity contribution < 1.29 is 13.2 Å². The largest absolute Gasteiger partial charge is 0.433 e. The van der Waals surface area contributed by atoms with Gasteiger partial charge in [-0.1, -0.05) is 24.4 Å². The molecule has 0 aliphatic carbocycles. The zero-order chi connectivity index (χ0) is 13.9. The summed E-state index contributed by atoms with van der Waals surface area (Å²) in [5.74, 6) is 2.45. The molecule has 0 N–H and O–H groups in total. The molecule has 0 bridgehead atoms. The molecule has 0 spiro atoms. The SMILES string of the molecule is C#C/C(=C\c1c(Cl)cc(C(F)(F)F)nc1C)CC. The molecule has 0 amide bonds. The van der Waals surface area contributed by atoms with Crippen LogP contribution in [0.4, 0.5) is 13.2 Å². The maximum atomic E-state index is 12.5. The van der Waals surface area contributed by atoms with Crippen LogP contribution in [0.15, 0.2) is 11.6 Å². The lowest BCUT2D eigenvalue weighted by Gasteiger charge is -2.10. The first-order chi connectivity index (χ1) is 8.29. The Bertz CT molecular complexity index is 501. The number of rotatable bonds is 2. The van der Waals surface area contributed by atoms with Crippen molar-refractivity contribution in [3.63, 3.8) is 0 Å². The Balaban J connectivity index is 3.35. The van der Waals surface area contributed by atoms with Crippen molar-refractivity contribution in [3.8, 4) is 12.3 Å². The van der Waals surface area contributed by atoms with E-state index in [1.807, 2.05) is 6.92 Å². The third-order valence-corrected chi connectivity index (χ3v) is 2.69. The van der Waals surface area contributed by atoms with Crippen molar-refractivity contribution in [2.45, 2.75) is 26.4 Å². The molecule has 0 aliphatic heterocycles. The summed E-state index contributed by atoms with van der Waals surface area (Å²) in [6, 6.07) is 0.810. The van der Waals surface area contributed by atoms with Crippen LogP contribution in [0.25, 0.3) is 6.08 Å². The molecule has 96 valence electrons. The molecule has 0 saturated heterocycles. The number of hydrogen-bond acceptors (Lipinski definition) is 1. The van der Waals surface area contributed by atoms with Crippen molar-refractivity contribution in [2.24, 2.45) is 0 Å². The first-order valence-electron chi connectivity index (χ1n) is 5.21. The third-order valence-electron chi connectivity index (χ3n) is 2.37. The molecule has 1 nitrogen and oxygen atoms in total. The van der Waals surface area contributed by atoms with Crippen LogP contribution in [-0.2, 0) is 6.18 Å². The highest BCUT2D eigenvalue weighted by molar-refractivity contribution is 6.32. The summed E-state index contributed by atoms with van der Waals surface area (Å²) in [6.07, 6.45) is 2.96. The summed E-state index contributed by atoms with van der Waals surface area (Å²) in [5, 5.41) is -0.00368. The lowest BCUT2D eigenvalue weighted by atomic mass is 10.1. The normalized spacial score (nSPS) is 12.4. The second-order valence-corrected chi connectivity index (χ2v) is 4.06. The average molecular weight is 274 g/mol. The van der Waals surface area contributed by atoms with Crippen molar-refractivity contribution in [1.82, 2.24) is 4.98 Å². The molecule has 1 aromatic heterocycles. The van der Waals surface area contributed by atoms with E-state index in [1.54, 1.807) is 6.08 Å². The summed E-state index contributed by atoms with van der Waals surface area (Å²) in [7, 11) is 0. The first-order valence-corrected chi connectivity index (χ1v) is 5.59. The fraction of sp³-hybridized carbons (Fsp3) is 0.308. The Hall–Kier alpha value is -1.47. The maximum Gasteiger partial charge on any atom is 0.433 e. The van der Waals surface area contributed by atoms with Gasteiger partial charge in [0.2, 0.25) is 0 Å². The van der Waals surface area contributed by atoms with Crippen LogP contribution in [0.3, 0.4) is 0 Å². The number of allylic oxidation sites excluding steroid dienone is 1. The molecule has 0 fully saturated rings. The van der Waals surface area contributed by atoms with E-state index in [9.17, 15) is 13.2 Å². The fourth-order valence-electron chi connectivity index (χ4n) is 1.38. The van der Waals surface area contributed by atoms with Gasteiger partial charge in [-0.3, -0.25) is 0 Å². The first kappa shape index (κ1) is 14.6. The minimum atomic E-state index is -4.50. The number of aryl methyl sites for hydroxylation is 1. The number of hydrogen-bond donors (Lipinski definition) is 0. The van der Waals surface area contributed by atoms with Crippen LogP contribution in [-0.4, -0.2) is 4.98 Å². The summed E-state index contributed by atoms with van der Waals surface area (Å²) in [6.45, 7) is 3.32. The highest BCUT2D eigenvalue weighted by atomic mass is 35.5. The van der Waals surface area contributed by atoms with Crippen molar-refractivity contribution in [2.75, 3.05) is 0 Å². The smallest absolute Gasteiger partial charge is 0.248 e. The van der Waals surface area contributed by atoms with E-state index in [0.717, 1.165) is 6.07 Å². The molecule has 0 aliphatic rings. The number of pyridine rings is 1. The van der Waals surface area contributed by atoms with Gasteiger partial charge in [0, 0.05) is 16.8 Å². The molecule has 5 heteroatoms. The molecule has 0 unspecified atom stereocenters. The van der Waals surface area contributed by atoms with E-state index in [4.69, 9.17) is 18.0 Å². The minimum Gasteiger partial charge on any atom is -0.248 e. The number of terminal acetylenes is 1. The second kappa shape index (κ2) is 5.45. The molecule has 1 aromatic rings. The maximum absolute atomic E-state index is 12.5. The number of nitrogens with zero attached hydrogens (tertiary/aromatic N) is 1. The van der Waals surface area contributed by atoms with Gasteiger partial charge in [-0.25, -0.2) is 4.98 Å². The highest BCUT2D eigenvalue weighted by Gasteiger charge is 2.33. The molecule has 0 saturated carbocycles. The van der Waals surface area contributed by atoms with Gasteiger partial charge in [0.15, 0.2) is 0 Å². The summed E-state index contributed by atoms with van der Waals surface area (Å²) in [4.78, 5) is 3.50. The van der Waals surface area contributed by atoms with Crippen LogP contribution in [0.1, 0.15) is 30.3 Å². The van der Waals surface area contributed by atoms with E-state index in [1.165, 1.54) is 6.92 Å². The van der Waals surface area contributed by atoms with Gasteiger partial charge < -0.3 is 0 Å². The number of aromatic nitrogens is 1. The minimum absolute atomic E-state index is 0.00368.